The van der Waals surface area contributed by atoms with Crippen LogP contribution in [0.25, 0.3) is 0 Å². The standard InChI is InChI=1S/C20H23BrN2OS2/c21-17-8-6-16(7-9-17)13-25-20-23-18(14-26-20)12-19(24)22-11-10-15-4-2-1-3-5-15/h4,6-9,14H,1-3,5,10-13H2,(H,22,24). The zero-order valence-electron chi connectivity index (χ0n) is 14.7. The first kappa shape index (κ1) is 19.6. The molecule has 1 amide bonds. The van der Waals surface area contributed by atoms with E-state index in [-0.39, 0.29) is 5.91 Å². The number of amides is 1. The molecule has 6 heteroatoms. The molecule has 1 aromatic carbocycles. The van der Waals surface area contributed by atoms with Gasteiger partial charge in [0.05, 0.1) is 12.1 Å². The molecule has 0 spiro atoms. The van der Waals surface area contributed by atoms with Crippen LogP contribution >= 0.6 is 39.0 Å². The van der Waals surface area contributed by atoms with Gasteiger partial charge in [-0.25, -0.2) is 4.98 Å². The first-order valence-corrected chi connectivity index (χ1v) is 11.6. The maximum Gasteiger partial charge on any atom is 0.226 e. The van der Waals surface area contributed by atoms with Gasteiger partial charge in [0.2, 0.25) is 5.91 Å². The maximum absolute atomic E-state index is 12.1. The lowest BCUT2D eigenvalue weighted by Crippen LogP contribution is -2.26. The predicted molar refractivity (Wildman–Crippen MR) is 114 cm³/mol. The lowest BCUT2D eigenvalue weighted by Gasteiger charge is -2.12. The normalized spacial score (nSPS) is 14.1. The molecule has 26 heavy (non-hydrogen) atoms. The van der Waals surface area contributed by atoms with E-state index in [9.17, 15) is 4.79 Å². The molecule has 0 fully saturated rings. The number of thioether (sulfide) groups is 1. The summed E-state index contributed by atoms with van der Waals surface area (Å²) in [6, 6.07) is 8.33. The van der Waals surface area contributed by atoms with Crippen molar-refractivity contribution in [2.24, 2.45) is 0 Å². The minimum Gasteiger partial charge on any atom is -0.355 e. The molecule has 3 nitrogen and oxygen atoms in total. The van der Waals surface area contributed by atoms with Gasteiger partial charge in [0, 0.05) is 22.2 Å². The number of thiazole rings is 1. The Labute approximate surface area is 171 Å². The Morgan fingerprint density at radius 1 is 1.27 bits per heavy atom. The van der Waals surface area contributed by atoms with Crippen molar-refractivity contribution in [1.29, 1.82) is 0 Å². The maximum atomic E-state index is 12.1. The Morgan fingerprint density at radius 2 is 2.12 bits per heavy atom. The fourth-order valence-electron chi connectivity index (χ4n) is 2.88. The highest BCUT2D eigenvalue weighted by atomic mass is 79.9. The Balaban J connectivity index is 1.39. The quantitative estimate of drug-likeness (QED) is 0.411. The average Bonchev–Trinajstić information content (AvgIpc) is 3.09. The summed E-state index contributed by atoms with van der Waals surface area (Å²) in [4.78, 5) is 16.7. The van der Waals surface area contributed by atoms with E-state index in [1.54, 1.807) is 23.1 Å². The van der Waals surface area contributed by atoms with Gasteiger partial charge in [-0.3, -0.25) is 4.79 Å². The lowest BCUT2D eigenvalue weighted by molar-refractivity contribution is -0.120. The molecule has 1 aliphatic rings. The second-order valence-electron chi connectivity index (χ2n) is 6.40. The van der Waals surface area contributed by atoms with Crippen molar-refractivity contribution in [3.05, 3.63) is 57.0 Å². The summed E-state index contributed by atoms with van der Waals surface area (Å²) in [5, 5.41) is 5.02. The Morgan fingerprint density at radius 3 is 2.88 bits per heavy atom. The molecule has 2 aromatic rings. The van der Waals surface area contributed by atoms with E-state index in [2.05, 4.69) is 56.6 Å². The van der Waals surface area contributed by atoms with Crippen molar-refractivity contribution >= 4 is 44.9 Å². The predicted octanol–water partition coefficient (Wildman–Crippen LogP) is 5.75. The highest BCUT2D eigenvalue weighted by Crippen LogP contribution is 2.27. The number of rotatable bonds is 8. The number of hydrogen-bond donors (Lipinski definition) is 1. The van der Waals surface area contributed by atoms with Crippen LogP contribution in [0.1, 0.15) is 43.4 Å². The van der Waals surface area contributed by atoms with E-state index in [1.165, 1.54) is 36.8 Å². The molecule has 1 heterocycles. The summed E-state index contributed by atoms with van der Waals surface area (Å²) >= 11 is 6.78. The number of carbonyl (C=O) groups is 1. The SMILES string of the molecule is O=C(Cc1csc(SCc2ccc(Br)cc2)n1)NCCC1=CCCCC1. The second kappa shape index (κ2) is 10.3. The number of nitrogens with one attached hydrogen (secondary N) is 1. The van der Waals surface area contributed by atoms with Crippen LogP contribution in [0.3, 0.4) is 0 Å². The van der Waals surface area contributed by atoms with Crippen molar-refractivity contribution in [3.8, 4) is 0 Å². The van der Waals surface area contributed by atoms with Gasteiger partial charge in [-0.15, -0.1) is 11.3 Å². The molecule has 3 rings (SSSR count). The fraction of sp³-hybridized carbons (Fsp3) is 0.400. The zero-order chi connectivity index (χ0) is 18.2. The molecule has 1 aliphatic carbocycles. The van der Waals surface area contributed by atoms with Crippen molar-refractivity contribution in [2.45, 2.75) is 48.6 Å². The van der Waals surface area contributed by atoms with Crippen molar-refractivity contribution < 1.29 is 4.79 Å². The number of carbonyl (C=O) groups excluding carboxylic acids is 1. The van der Waals surface area contributed by atoms with Crippen LogP contribution in [0.15, 0.2) is 50.1 Å². The van der Waals surface area contributed by atoms with Crippen LogP contribution in [0.4, 0.5) is 0 Å². The number of nitrogens with zero attached hydrogens (tertiary/aromatic N) is 1. The van der Waals surface area contributed by atoms with E-state index in [1.807, 2.05) is 5.38 Å². The van der Waals surface area contributed by atoms with Crippen LogP contribution in [0.2, 0.25) is 0 Å². The first-order valence-electron chi connectivity index (χ1n) is 8.95. The summed E-state index contributed by atoms with van der Waals surface area (Å²) in [5.74, 6) is 0.956. The third-order valence-electron chi connectivity index (χ3n) is 4.30. The fourth-order valence-corrected chi connectivity index (χ4v) is 4.95. The molecule has 1 aromatic heterocycles. The summed E-state index contributed by atoms with van der Waals surface area (Å²) in [6.45, 7) is 0.736. The smallest absolute Gasteiger partial charge is 0.226 e. The highest BCUT2D eigenvalue weighted by molar-refractivity contribution is 9.10. The number of benzene rings is 1. The van der Waals surface area contributed by atoms with Gasteiger partial charge in [0.1, 0.15) is 4.34 Å². The molecule has 138 valence electrons. The molecule has 0 atom stereocenters. The molecule has 0 bridgehead atoms. The van der Waals surface area contributed by atoms with Crippen molar-refractivity contribution in [2.75, 3.05) is 6.54 Å². The molecule has 1 N–H and O–H groups in total. The zero-order valence-corrected chi connectivity index (χ0v) is 17.9. The third-order valence-corrected chi connectivity index (χ3v) is 6.97. The largest absolute Gasteiger partial charge is 0.355 e. The molecule has 0 aliphatic heterocycles. The van der Waals surface area contributed by atoms with Crippen LogP contribution in [0.5, 0.6) is 0 Å². The Kier molecular flexibility index (Phi) is 7.77. The summed E-state index contributed by atoms with van der Waals surface area (Å²) in [7, 11) is 0. The number of halogens is 1. The van der Waals surface area contributed by atoms with Crippen molar-refractivity contribution in [3.63, 3.8) is 0 Å². The molecule has 0 unspecified atom stereocenters. The summed E-state index contributed by atoms with van der Waals surface area (Å²) in [6.07, 6.45) is 8.68. The molecule has 0 saturated heterocycles. The third kappa shape index (κ3) is 6.56. The first-order chi connectivity index (χ1) is 12.7. The number of aromatic nitrogens is 1. The topological polar surface area (TPSA) is 42.0 Å². The molecular formula is C20H23BrN2OS2. The van der Waals surface area contributed by atoms with E-state index >= 15 is 0 Å². The number of allylic oxidation sites excluding steroid dienone is 1. The van der Waals surface area contributed by atoms with Gasteiger partial charge in [-0.05, 0) is 49.8 Å². The van der Waals surface area contributed by atoms with Gasteiger partial charge in [0.25, 0.3) is 0 Å². The van der Waals surface area contributed by atoms with Gasteiger partial charge in [0.15, 0.2) is 0 Å². The van der Waals surface area contributed by atoms with Gasteiger partial charge in [-0.1, -0.05) is 51.5 Å². The molecular weight excluding hydrogens is 428 g/mol. The minimum absolute atomic E-state index is 0.0659. The minimum atomic E-state index is 0.0659. The van der Waals surface area contributed by atoms with Gasteiger partial charge >= 0.3 is 0 Å². The number of hydrogen-bond acceptors (Lipinski definition) is 4. The van der Waals surface area contributed by atoms with Gasteiger partial charge < -0.3 is 5.32 Å². The average molecular weight is 451 g/mol. The summed E-state index contributed by atoms with van der Waals surface area (Å²) < 4.78 is 2.11. The van der Waals surface area contributed by atoms with Crippen LogP contribution in [-0.2, 0) is 17.0 Å². The lowest BCUT2D eigenvalue weighted by atomic mass is 9.97. The molecule has 0 radical (unpaired) electrons. The highest BCUT2D eigenvalue weighted by Gasteiger charge is 2.09. The van der Waals surface area contributed by atoms with E-state index < -0.39 is 0 Å². The van der Waals surface area contributed by atoms with Crippen LogP contribution < -0.4 is 5.32 Å². The van der Waals surface area contributed by atoms with Gasteiger partial charge in [-0.2, -0.15) is 0 Å². The second-order valence-corrected chi connectivity index (χ2v) is 9.40. The monoisotopic (exact) mass is 450 g/mol. The Hall–Kier alpha value is -1.11. The van der Waals surface area contributed by atoms with Crippen LogP contribution in [-0.4, -0.2) is 17.4 Å². The summed E-state index contributed by atoms with van der Waals surface area (Å²) in [5.41, 5.74) is 3.63. The van der Waals surface area contributed by atoms with E-state index in [4.69, 9.17) is 0 Å². The van der Waals surface area contributed by atoms with E-state index in [0.29, 0.717) is 6.42 Å². The van der Waals surface area contributed by atoms with Crippen LogP contribution in [0, 0.1) is 0 Å². The molecule has 0 saturated carbocycles. The van der Waals surface area contributed by atoms with Crippen molar-refractivity contribution in [1.82, 2.24) is 10.3 Å². The Bertz CT molecular complexity index is 755. The van der Waals surface area contributed by atoms with E-state index in [0.717, 1.165) is 33.2 Å².